The number of benzene rings is 2. The van der Waals surface area contributed by atoms with Crippen molar-refractivity contribution in [3.63, 3.8) is 0 Å². The second-order valence-electron chi connectivity index (χ2n) is 4.01. The highest BCUT2D eigenvalue weighted by molar-refractivity contribution is 6.69. The van der Waals surface area contributed by atoms with Crippen LogP contribution in [0.25, 0.3) is 11.1 Å². The van der Waals surface area contributed by atoms with Crippen LogP contribution in [0, 0.1) is 0 Å². The molecule has 2 aromatic rings. The van der Waals surface area contributed by atoms with E-state index in [9.17, 15) is 18.0 Å². The van der Waals surface area contributed by atoms with Crippen LogP contribution in [0.15, 0.2) is 42.5 Å². The lowest BCUT2D eigenvalue weighted by Gasteiger charge is -2.11. The van der Waals surface area contributed by atoms with E-state index < -0.39 is 17.0 Å². The first-order valence-electron chi connectivity index (χ1n) is 5.46. The average Bonchev–Trinajstić information content (AvgIpc) is 2.37. The zero-order valence-electron chi connectivity index (χ0n) is 9.84. The molecule has 0 spiro atoms. The Morgan fingerprint density at radius 2 is 1.70 bits per heavy atom. The lowest BCUT2D eigenvalue weighted by atomic mass is 9.98. The molecule has 0 saturated heterocycles. The van der Waals surface area contributed by atoms with Gasteiger partial charge in [0.1, 0.15) is 0 Å². The number of rotatable bonds is 2. The van der Waals surface area contributed by atoms with Crippen LogP contribution in [0.4, 0.5) is 13.2 Å². The summed E-state index contributed by atoms with van der Waals surface area (Å²) in [6.45, 7) is 0. The summed E-state index contributed by atoms with van der Waals surface area (Å²) in [5.41, 5.74) is -0.312. The highest BCUT2D eigenvalue weighted by Gasteiger charge is 2.30. The van der Waals surface area contributed by atoms with Gasteiger partial charge >= 0.3 is 6.18 Å². The minimum atomic E-state index is -4.46. The first-order chi connectivity index (χ1) is 9.30. The second kappa shape index (κ2) is 5.46. The topological polar surface area (TPSA) is 17.1 Å². The molecule has 1 nitrogen and oxygen atoms in total. The maximum Gasteiger partial charge on any atom is 0.416 e. The third-order valence-electron chi connectivity index (χ3n) is 2.71. The molecule has 0 heterocycles. The van der Waals surface area contributed by atoms with Crippen LogP contribution in [0.5, 0.6) is 0 Å². The van der Waals surface area contributed by atoms with Gasteiger partial charge in [-0.1, -0.05) is 35.9 Å². The van der Waals surface area contributed by atoms with Crippen molar-refractivity contribution < 1.29 is 18.0 Å². The van der Waals surface area contributed by atoms with Gasteiger partial charge in [-0.2, -0.15) is 13.2 Å². The third kappa shape index (κ3) is 2.97. The van der Waals surface area contributed by atoms with Crippen molar-refractivity contribution in [1.29, 1.82) is 0 Å². The van der Waals surface area contributed by atoms with Crippen molar-refractivity contribution in [2.75, 3.05) is 0 Å². The van der Waals surface area contributed by atoms with E-state index >= 15 is 0 Å². The van der Waals surface area contributed by atoms with Gasteiger partial charge in [0.25, 0.3) is 5.24 Å². The number of halogens is 5. The molecule has 6 heteroatoms. The first kappa shape index (κ1) is 14.9. The van der Waals surface area contributed by atoms with Crippen LogP contribution < -0.4 is 0 Å². The standard InChI is InChI=1S/C14H7Cl2F3O/c15-11-6-2-5-10(12(11)13(16)20)8-3-1-4-9(7-8)14(17,18)19/h1-7H. The Morgan fingerprint density at radius 3 is 2.30 bits per heavy atom. The fraction of sp³-hybridized carbons (Fsp3) is 0.0714. The summed E-state index contributed by atoms with van der Waals surface area (Å²) in [6, 6.07) is 9.13. The Bertz CT molecular complexity index is 666. The quantitative estimate of drug-likeness (QED) is 0.677. The molecule has 0 radical (unpaired) electrons. The number of carbonyl (C=O) groups is 1. The molecule has 2 rings (SSSR count). The van der Waals surface area contributed by atoms with Gasteiger partial charge in [0.15, 0.2) is 0 Å². The van der Waals surface area contributed by atoms with Gasteiger partial charge in [0, 0.05) is 0 Å². The molecule has 0 aliphatic heterocycles. The number of carbonyl (C=O) groups excluding carboxylic acids is 1. The molecule has 0 fully saturated rings. The van der Waals surface area contributed by atoms with E-state index in [1.807, 2.05) is 0 Å². The Balaban J connectivity index is 2.64. The minimum absolute atomic E-state index is 0.00448. The number of hydrogen-bond donors (Lipinski definition) is 0. The van der Waals surface area contributed by atoms with E-state index in [0.717, 1.165) is 12.1 Å². The van der Waals surface area contributed by atoms with Gasteiger partial charge in [-0.3, -0.25) is 4.79 Å². The predicted octanol–water partition coefficient (Wildman–Crippen LogP) is 5.40. The van der Waals surface area contributed by atoms with Crippen LogP contribution in [0.3, 0.4) is 0 Å². The van der Waals surface area contributed by atoms with E-state index in [2.05, 4.69) is 0 Å². The van der Waals surface area contributed by atoms with E-state index in [0.29, 0.717) is 0 Å². The first-order valence-corrected chi connectivity index (χ1v) is 6.22. The normalized spacial score (nSPS) is 11.4. The summed E-state index contributed by atoms with van der Waals surface area (Å²) in [6.07, 6.45) is -4.46. The smallest absolute Gasteiger partial charge is 0.276 e. The summed E-state index contributed by atoms with van der Waals surface area (Å²) in [5, 5.41) is -0.720. The molecule has 0 bridgehead atoms. The predicted molar refractivity (Wildman–Crippen MR) is 72.1 cm³/mol. The molecular formula is C14H7Cl2F3O. The summed E-state index contributed by atoms with van der Waals surface area (Å²) in [4.78, 5) is 11.4. The highest BCUT2D eigenvalue weighted by atomic mass is 35.5. The van der Waals surface area contributed by atoms with Crippen molar-refractivity contribution in [3.8, 4) is 11.1 Å². The molecule has 0 aliphatic carbocycles. The zero-order chi connectivity index (χ0) is 14.9. The molecule has 20 heavy (non-hydrogen) atoms. The number of alkyl halides is 3. The van der Waals surface area contributed by atoms with E-state index in [1.165, 1.54) is 24.3 Å². The van der Waals surface area contributed by atoms with Crippen molar-refractivity contribution in [2.24, 2.45) is 0 Å². The average molecular weight is 319 g/mol. The molecule has 0 unspecified atom stereocenters. The molecule has 0 atom stereocenters. The van der Waals surface area contributed by atoms with Crippen molar-refractivity contribution in [3.05, 3.63) is 58.6 Å². The van der Waals surface area contributed by atoms with Crippen LogP contribution in [-0.4, -0.2) is 5.24 Å². The molecule has 104 valence electrons. The molecule has 0 amide bonds. The van der Waals surface area contributed by atoms with Crippen molar-refractivity contribution in [1.82, 2.24) is 0 Å². The van der Waals surface area contributed by atoms with Crippen LogP contribution >= 0.6 is 23.2 Å². The monoisotopic (exact) mass is 318 g/mol. The maximum atomic E-state index is 12.7. The van der Waals surface area contributed by atoms with Crippen molar-refractivity contribution in [2.45, 2.75) is 6.18 Å². The third-order valence-corrected chi connectivity index (χ3v) is 3.22. The molecule has 0 aliphatic rings. The van der Waals surface area contributed by atoms with Crippen LogP contribution in [-0.2, 0) is 6.18 Å². The molecule has 0 N–H and O–H groups in total. The largest absolute Gasteiger partial charge is 0.416 e. The fourth-order valence-electron chi connectivity index (χ4n) is 1.83. The second-order valence-corrected chi connectivity index (χ2v) is 4.77. The van der Waals surface area contributed by atoms with Crippen LogP contribution in [0.2, 0.25) is 5.02 Å². The summed E-state index contributed by atoms with van der Waals surface area (Å²) >= 11 is 11.3. The van der Waals surface area contributed by atoms with E-state index in [-0.39, 0.29) is 21.7 Å². The van der Waals surface area contributed by atoms with Gasteiger partial charge in [0.2, 0.25) is 0 Å². The molecule has 0 aromatic heterocycles. The van der Waals surface area contributed by atoms with Crippen molar-refractivity contribution >= 4 is 28.4 Å². The summed E-state index contributed by atoms with van der Waals surface area (Å²) < 4.78 is 38.1. The van der Waals surface area contributed by atoms with Gasteiger partial charge < -0.3 is 0 Å². The Morgan fingerprint density at radius 1 is 1.05 bits per heavy atom. The highest BCUT2D eigenvalue weighted by Crippen LogP contribution is 2.35. The lowest BCUT2D eigenvalue weighted by molar-refractivity contribution is -0.137. The molecule has 0 saturated carbocycles. The minimum Gasteiger partial charge on any atom is -0.276 e. The Kier molecular flexibility index (Phi) is 4.06. The Hall–Kier alpha value is -1.52. The van der Waals surface area contributed by atoms with Crippen LogP contribution in [0.1, 0.15) is 15.9 Å². The van der Waals surface area contributed by atoms with E-state index in [4.69, 9.17) is 23.2 Å². The van der Waals surface area contributed by atoms with E-state index in [1.54, 1.807) is 6.07 Å². The lowest BCUT2D eigenvalue weighted by Crippen LogP contribution is -2.05. The SMILES string of the molecule is O=C(Cl)c1c(Cl)cccc1-c1cccc(C(F)(F)F)c1. The van der Waals surface area contributed by atoms with Gasteiger partial charge in [0.05, 0.1) is 16.1 Å². The molecule has 2 aromatic carbocycles. The Labute approximate surface area is 122 Å². The summed E-state index contributed by atoms with van der Waals surface area (Å²) in [7, 11) is 0. The number of hydrogen-bond acceptors (Lipinski definition) is 1. The maximum absolute atomic E-state index is 12.7. The fourth-order valence-corrected chi connectivity index (χ4v) is 2.34. The van der Waals surface area contributed by atoms with Gasteiger partial charge in [-0.25, -0.2) is 0 Å². The molecular weight excluding hydrogens is 312 g/mol. The summed E-state index contributed by atoms with van der Waals surface area (Å²) in [5.74, 6) is 0. The zero-order valence-corrected chi connectivity index (χ0v) is 11.4. The van der Waals surface area contributed by atoms with Gasteiger partial charge in [-0.05, 0) is 40.9 Å². The van der Waals surface area contributed by atoms with Gasteiger partial charge in [-0.15, -0.1) is 0 Å².